The number of esters is 1. The SMILES string of the molecule is CCCCc1ccc(NC(=O)COC(=O)CCCN2C(=O)c3ccccc3C2=O)cc1. The van der Waals surface area contributed by atoms with E-state index in [0.717, 1.165) is 24.2 Å². The molecule has 7 heteroatoms. The van der Waals surface area contributed by atoms with E-state index in [2.05, 4.69) is 12.2 Å². The molecular formula is C24H26N2O5. The molecule has 1 N–H and O–H groups in total. The lowest BCUT2D eigenvalue weighted by atomic mass is 10.1. The van der Waals surface area contributed by atoms with Crippen molar-refractivity contribution >= 4 is 29.4 Å². The van der Waals surface area contributed by atoms with Gasteiger partial charge in [0, 0.05) is 18.7 Å². The van der Waals surface area contributed by atoms with Crippen molar-refractivity contribution in [3.05, 3.63) is 65.2 Å². The second-order valence-corrected chi connectivity index (χ2v) is 7.42. The number of fused-ring (bicyclic) bond motifs is 1. The first kappa shape index (κ1) is 22.2. The van der Waals surface area contributed by atoms with Crippen LogP contribution in [0.25, 0.3) is 0 Å². The summed E-state index contributed by atoms with van der Waals surface area (Å²) in [5.74, 6) is -1.68. The molecule has 1 heterocycles. The van der Waals surface area contributed by atoms with Crippen molar-refractivity contribution in [3.63, 3.8) is 0 Å². The highest BCUT2D eigenvalue weighted by molar-refractivity contribution is 6.21. The number of carbonyl (C=O) groups excluding carboxylic acids is 4. The molecule has 0 spiro atoms. The number of amides is 3. The standard InChI is InChI=1S/C24H26N2O5/c1-2-3-7-17-11-13-18(14-12-17)25-21(27)16-31-22(28)10-6-15-26-23(29)19-8-4-5-9-20(19)24(26)30/h4-5,8-9,11-14H,2-3,6-7,10,15-16H2,1H3,(H,25,27). The van der Waals surface area contributed by atoms with Gasteiger partial charge in [0.15, 0.2) is 6.61 Å². The first-order chi connectivity index (χ1) is 15.0. The van der Waals surface area contributed by atoms with E-state index in [1.54, 1.807) is 24.3 Å². The zero-order valence-corrected chi connectivity index (χ0v) is 17.6. The molecule has 7 nitrogen and oxygen atoms in total. The number of nitrogens with zero attached hydrogens (tertiary/aromatic N) is 1. The molecular weight excluding hydrogens is 396 g/mol. The van der Waals surface area contributed by atoms with Crippen LogP contribution in [0.1, 0.15) is 58.9 Å². The Hall–Kier alpha value is -3.48. The quantitative estimate of drug-likeness (QED) is 0.467. The van der Waals surface area contributed by atoms with Crippen molar-refractivity contribution in [2.24, 2.45) is 0 Å². The van der Waals surface area contributed by atoms with Crippen LogP contribution in [-0.4, -0.2) is 41.7 Å². The molecule has 0 bridgehead atoms. The molecule has 3 rings (SSSR count). The summed E-state index contributed by atoms with van der Waals surface area (Å²) in [6, 6.07) is 14.2. The van der Waals surface area contributed by atoms with Crippen molar-refractivity contribution in [1.29, 1.82) is 0 Å². The lowest BCUT2D eigenvalue weighted by Gasteiger charge is -2.13. The molecule has 2 aromatic carbocycles. The average molecular weight is 422 g/mol. The average Bonchev–Trinajstić information content (AvgIpc) is 3.02. The van der Waals surface area contributed by atoms with Gasteiger partial charge in [-0.2, -0.15) is 0 Å². The van der Waals surface area contributed by atoms with Gasteiger partial charge in [0.05, 0.1) is 11.1 Å². The van der Waals surface area contributed by atoms with Crippen LogP contribution in [0.4, 0.5) is 5.69 Å². The first-order valence-electron chi connectivity index (χ1n) is 10.5. The number of aryl methyl sites for hydroxylation is 1. The third-order valence-electron chi connectivity index (χ3n) is 5.06. The van der Waals surface area contributed by atoms with E-state index >= 15 is 0 Å². The fraction of sp³-hybridized carbons (Fsp3) is 0.333. The maximum Gasteiger partial charge on any atom is 0.306 e. The smallest absolute Gasteiger partial charge is 0.306 e. The third kappa shape index (κ3) is 5.78. The Labute approximate surface area is 181 Å². The lowest BCUT2D eigenvalue weighted by Crippen LogP contribution is -2.31. The van der Waals surface area contributed by atoms with E-state index in [0.29, 0.717) is 16.8 Å². The molecule has 0 saturated carbocycles. The third-order valence-corrected chi connectivity index (χ3v) is 5.06. The van der Waals surface area contributed by atoms with Crippen LogP contribution in [0.5, 0.6) is 0 Å². The van der Waals surface area contributed by atoms with Gasteiger partial charge in [0.1, 0.15) is 0 Å². The molecule has 3 amide bonds. The fourth-order valence-electron chi connectivity index (χ4n) is 3.37. The lowest BCUT2D eigenvalue weighted by molar-refractivity contribution is -0.147. The summed E-state index contributed by atoms with van der Waals surface area (Å²) in [7, 11) is 0. The number of nitrogens with one attached hydrogen (secondary N) is 1. The Morgan fingerprint density at radius 1 is 0.935 bits per heavy atom. The van der Waals surface area contributed by atoms with Crippen molar-refractivity contribution < 1.29 is 23.9 Å². The molecule has 0 aliphatic carbocycles. The van der Waals surface area contributed by atoms with Crippen LogP contribution >= 0.6 is 0 Å². The maximum absolute atomic E-state index is 12.3. The minimum Gasteiger partial charge on any atom is -0.456 e. The number of ether oxygens (including phenoxy) is 1. The summed E-state index contributed by atoms with van der Waals surface area (Å²) < 4.78 is 4.99. The van der Waals surface area contributed by atoms with E-state index < -0.39 is 11.9 Å². The van der Waals surface area contributed by atoms with E-state index in [1.807, 2.05) is 24.3 Å². The van der Waals surface area contributed by atoms with Crippen LogP contribution in [-0.2, 0) is 20.7 Å². The number of anilines is 1. The summed E-state index contributed by atoms with van der Waals surface area (Å²) in [6.07, 6.45) is 3.53. The predicted octanol–water partition coefficient (Wildman–Crippen LogP) is 3.59. The zero-order valence-electron chi connectivity index (χ0n) is 17.6. The minimum atomic E-state index is -0.554. The van der Waals surface area contributed by atoms with Crippen molar-refractivity contribution in [1.82, 2.24) is 4.90 Å². The molecule has 1 aliphatic heterocycles. The Kier molecular flexibility index (Phi) is 7.54. The van der Waals surface area contributed by atoms with Gasteiger partial charge in [0.2, 0.25) is 0 Å². The molecule has 0 unspecified atom stereocenters. The largest absolute Gasteiger partial charge is 0.456 e. The number of hydrogen-bond acceptors (Lipinski definition) is 5. The normalized spacial score (nSPS) is 12.6. The molecule has 0 atom stereocenters. The summed E-state index contributed by atoms with van der Waals surface area (Å²) in [4.78, 5) is 49.6. The second kappa shape index (κ2) is 10.5. The zero-order chi connectivity index (χ0) is 22.2. The van der Waals surface area contributed by atoms with Crippen LogP contribution in [0.2, 0.25) is 0 Å². The van der Waals surface area contributed by atoms with E-state index in [1.165, 1.54) is 5.56 Å². The van der Waals surface area contributed by atoms with Gasteiger partial charge in [-0.3, -0.25) is 24.1 Å². The van der Waals surface area contributed by atoms with Gasteiger partial charge in [-0.15, -0.1) is 0 Å². The van der Waals surface area contributed by atoms with Crippen molar-refractivity contribution in [3.8, 4) is 0 Å². The summed E-state index contributed by atoms with van der Waals surface area (Å²) in [5, 5.41) is 2.69. The molecule has 0 saturated heterocycles. The summed E-state index contributed by atoms with van der Waals surface area (Å²) in [5.41, 5.74) is 2.62. The fourth-order valence-corrected chi connectivity index (χ4v) is 3.37. The van der Waals surface area contributed by atoms with E-state index in [4.69, 9.17) is 4.74 Å². The molecule has 0 radical (unpaired) electrons. The number of benzene rings is 2. The number of carbonyl (C=O) groups is 4. The number of unbranched alkanes of at least 4 members (excludes halogenated alkanes) is 1. The first-order valence-corrected chi connectivity index (χ1v) is 10.5. The second-order valence-electron chi connectivity index (χ2n) is 7.42. The van der Waals surface area contributed by atoms with Gasteiger partial charge in [-0.05, 0) is 49.1 Å². The van der Waals surface area contributed by atoms with Crippen LogP contribution in [0.15, 0.2) is 48.5 Å². The molecule has 0 fully saturated rings. The highest BCUT2D eigenvalue weighted by Crippen LogP contribution is 2.22. The van der Waals surface area contributed by atoms with E-state index in [-0.39, 0.29) is 37.8 Å². The highest BCUT2D eigenvalue weighted by Gasteiger charge is 2.34. The van der Waals surface area contributed by atoms with Gasteiger partial charge in [0.25, 0.3) is 17.7 Å². The van der Waals surface area contributed by atoms with Crippen LogP contribution in [0, 0.1) is 0 Å². The van der Waals surface area contributed by atoms with Crippen LogP contribution in [0.3, 0.4) is 0 Å². The molecule has 2 aromatic rings. The van der Waals surface area contributed by atoms with Crippen LogP contribution < -0.4 is 5.32 Å². The molecule has 31 heavy (non-hydrogen) atoms. The van der Waals surface area contributed by atoms with Crippen molar-refractivity contribution in [2.75, 3.05) is 18.5 Å². The monoisotopic (exact) mass is 422 g/mol. The summed E-state index contributed by atoms with van der Waals surface area (Å²) in [6.45, 7) is 1.88. The van der Waals surface area contributed by atoms with Gasteiger partial charge in [-0.25, -0.2) is 0 Å². The predicted molar refractivity (Wildman–Crippen MR) is 116 cm³/mol. The Morgan fingerprint density at radius 2 is 1.58 bits per heavy atom. The Balaban J connectivity index is 1.36. The Morgan fingerprint density at radius 3 is 2.19 bits per heavy atom. The number of rotatable bonds is 10. The van der Waals surface area contributed by atoms with Gasteiger partial charge in [-0.1, -0.05) is 37.6 Å². The molecule has 1 aliphatic rings. The van der Waals surface area contributed by atoms with Gasteiger partial charge < -0.3 is 10.1 Å². The molecule has 162 valence electrons. The topological polar surface area (TPSA) is 92.8 Å². The Bertz CT molecular complexity index is 933. The highest BCUT2D eigenvalue weighted by atomic mass is 16.5. The summed E-state index contributed by atoms with van der Waals surface area (Å²) >= 11 is 0. The molecule has 0 aromatic heterocycles. The van der Waals surface area contributed by atoms with E-state index in [9.17, 15) is 19.2 Å². The maximum atomic E-state index is 12.3. The number of imide groups is 1. The van der Waals surface area contributed by atoms with Crippen molar-refractivity contribution in [2.45, 2.75) is 39.0 Å². The van der Waals surface area contributed by atoms with Gasteiger partial charge >= 0.3 is 5.97 Å². The minimum absolute atomic E-state index is 0.00676. The number of hydrogen-bond donors (Lipinski definition) is 1.